The van der Waals surface area contributed by atoms with Crippen LogP contribution in [0.4, 0.5) is 5.82 Å². The van der Waals surface area contributed by atoms with Crippen molar-refractivity contribution in [3.05, 3.63) is 71.3 Å². The minimum atomic E-state index is -0.355. The highest BCUT2D eigenvalue weighted by molar-refractivity contribution is 6.21. The van der Waals surface area contributed by atoms with Gasteiger partial charge in [-0.15, -0.1) is 0 Å². The third-order valence-corrected chi connectivity index (χ3v) is 4.55. The largest absolute Gasteiger partial charge is 0.311 e. The highest BCUT2D eigenvalue weighted by Gasteiger charge is 2.35. The van der Waals surface area contributed by atoms with Gasteiger partial charge in [0.1, 0.15) is 5.82 Å². The summed E-state index contributed by atoms with van der Waals surface area (Å²) in [5.74, 6) is -0.566. The van der Waals surface area contributed by atoms with Crippen LogP contribution in [0.2, 0.25) is 0 Å². The molecule has 0 fully saturated rings. The van der Waals surface area contributed by atoms with Crippen LogP contribution in [0.5, 0.6) is 0 Å². The normalized spacial score (nSPS) is 13.1. The molecular weight excluding hydrogens is 342 g/mol. The maximum Gasteiger partial charge on any atom is 0.261 e. The average Bonchev–Trinajstić information content (AvgIpc) is 2.90. The smallest absolute Gasteiger partial charge is 0.261 e. The van der Waals surface area contributed by atoms with E-state index in [4.69, 9.17) is 0 Å². The van der Waals surface area contributed by atoms with Gasteiger partial charge in [-0.3, -0.25) is 19.3 Å². The fourth-order valence-corrected chi connectivity index (χ4v) is 3.16. The third kappa shape index (κ3) is 3.17. The Kier molecular flexibility index (Phi) is 4.16. The van der Waals surface area contributed by atoms with Gasteiger partial charge in [0.05, 0.1) is 16.6 Å². The zero-order valence-electron chi connectivity index (χ0n) is 14.7. The van der Waals surface area contributed by atoms with Crippen LogP contribution >= 0.6 is 0 Å². The SMILES string of the molecule is Cc1ccc2c(c1)C(=O)N(CCC(=O)Nc1ccc3ccccc3n1)C2=O. The van der Waals surface area contributed by atoms with Crippen molar-refractivity contribution >= 4 is 34.4 Å². The molecule has 3 aromatic rings. The molecule has 0 aliphatic carbocycles. The van der Waals surface area contributed by atoms with Gasteiger partial charge >= 0.3 is 0 Å². The summed E-state index contributed by atoms with van der Waals surface area (Å²) < 4.78 is 0. The first-order valence-electron chi connectivity index (χ1n) is 8.65. The Hall–Kier alpha value is -3.54. The minimum Gasteiger partial charge on any atom is -0.311 e. The van der Waals surface area contributed by atoms with E-state index in [1.54, 1.807) is 24.3 Å². The molecule has 6 nitrogen and oxygen atoms in total. The van der Waals surface area contributed by atoms with Gasteiger partial charge in [-0.25, -0.2) is 4.98 Å². The zero-order chi connectivity index (χ0) is 19.0. The van der Waals surface area contributed by atoms with Crippen LogP contribution in [0.3, 0.4) is 0 Å². The van der Waals surface area contributed by atoms with Crippen LogP contribution < -0.4 is 5.32 Å². The monoisotopic (exact) mass is 359 g/mol. The van der Waals surface area contributed by atoms with E-state index in [9.17, 15) is 14.4 Å². The number of anilines is 1. The number of imide groups is 1. The molecule has 1 aliphatic rings. The van der Waals surface area contributed by atoms with Gasteiger partial charge in [0.15, 0.2) is 0 Å². The van der Waals surface area contributed by atoms with Crippen molar-refractivity contribution in [2.24, 2.45) is 0 Å². The van der Waals surface area contributed by atoms with E-state index >= 15 is 0 Å². The molecule has 0 atom stereocenters. The summed E-state index contributed by atoms with van der Waals surface area (Å²) in [5, 5.41) is 3.70. The molecule has 6 heteroatoms. The molecule has 0 saturated carbocycles. The van der Waals surface area contributed by atoms with Gasteiger partial charge in [-0.1, -0.05) is 29.8 Å². The number of pyridine rings is 1. The van der Waals surface area contributed by atoms with E-state index in [1.165, 1.54) is 0 Å². The van der Waals surface area contributed by atoms with Gasteiger partial charge in [-0.05, 0) is 37.3 Å². The number of nitrogens with zero attached hydrogens (tertiary/aromatic N) is 2. The number of hydrogen-bond acceptors (Lipinski definition) is 4. The Morgan fingerprint density at radius 1 is 1.00 bits per heavy atom. The van der Waals surface area contributed by atoms with E-state index in [0.29, 0.717) is 16.9 Å². The van der Waals surface area contributed by atoms with Crippen LogP contribution in [-0.2, 0) is 4.79 Å². The molecular formula is C21H17N3O3. The lowest BCUT2D eigenvalue weighted by Gasteiger charge is -2.13. The number of aryl methyl sites for hydroxylation is 1. The number of rotatable bonds is 4. The maximum absolute atomic E-state index is 12.4. The topological polar surface area (TPSA) is 79.4 Å². The second kappa shape index (κ2) is 6.64. The predicted octanol–water partition coefficient (Wildman–Crippen LogP) is 3.17. The Morgan fingerprint density at radius 3 is 2.63 bits per heavy atom. The number of benzene rings is 2. The lowest BCUT2D eigenvalue weighted by Crippen LogP contribution is -2.32. The predicted molar refractivity (Wildman–Crippen MR) is 102 cm³/mol. The first-order chi connectivity index (χ1) is 13.0. The summed E-state index contributed by atoms with van der Waals surface area (Å²) in [6.07, 6.45) is 0.0129. The summed E-state index contributed by atoms with van der Waals surface area (Å²) in [5.41, 5.74) is 2.49. The number of carbonyl (C=O) groups is 3. The minimum absolute atomic E-state index is 0.0129. The summed E-state index contributed by atoms with van der Waals surface area (Å²) in [6.45, 7) is 1.90. The molecule has 27 heavy (non-hydrogen) atoms. The van der Waals surface area contributed by atoms with E-state index < -0.39 is 0 Å². The van der Waals surface area contributed by atoms with E-state index in [-0.39, 0.29) is 30.7 Å². The molecule has 134 valence electrons. The highest BCUT2D eigenvalue weighted by Crippen LogP contribution is 2.24. The number of hydrogen-bond donors (Lipinski definition) is 1. The van der Waals surface area contributed by atoms with Crippen molar-refractivity contribution < 1.29 is 14.4 Å². The molecule has 0 bridgehead atoms. The summed E-state index contributed by atoms with van der Waals surface area (Å²) >= 11 is 0. The standard InChI is InChI=1S/C21H17N3O3/c1-13-6-8-15-16(12-13)21(27)24(20(15)26)11-10-19(25)23-18-9-7-14-4-2-3-5-17(14)22-18/h2-9,12H,10-11H2,1H3,(H,22,23,25). The second-order valence-electron chi connectivity index (χ2n) is 6.50. The van der Waals surface area contributed by atoms with E-state index in [2.05, 4.69) is 10.3 Å². The molecule has 2 heterocycles. The van der Waals surface area contributed by atoms with Gasteiger partial charge in [0.2, 0.25) is 5.91 Å². The molecule has 2 aromatic carbocycles. The molecule has 3 amide bonds. The van der Waals surface area contributed by atoms with Crippen LogP contribution in [0.1, 0.15) is 32.7 Å². The number of amides is 3. The molecule has 1 N–H and O–H groups in total. The Balaban J connectivity index is 1.42. The Morgan fingerprint density at radius 2 is 1.78 bits per heavy atom. The van der Waals surface area contributed by atoms with Crippen molar-refractivity contribution in [1.82, 2.24) is 9.88 Å². The number of aromatic nitrogens is 1. The summed E-state index contributed by atoms with van der Waals surface area (Å²) in [7, 11) is 0. The Bertz CT molecular complexity index is 1090. The van der Waals surface area contributed by atoms with E-state index in [1.807, 2.05) is 37.3 Å². The first-order valence-corrected chi connectivity index (χ1v) is 8.65. The van der Waals surface area contributed by atoms with Gasteiger partial charge in [-0.2, -0.15) is 0 Å². The zero-order valence-corrected chi connectivity index (χ0v) is 14.7. The summed E-state index contributed by atoms with van der Waals surface area (Å²) in [4.78, 5) is 42.6. The van der Waals surface area contributed by atoms with Gasteiger partial charge in [0.25, 0.3) is 11.8 Å². The van der Waals surface area contributed by atoms with Crippen molar-refractivity contribution in [2.75, 3.05) is 11.9 Å². The lowest BCUT2D eigenvalue weighted by molar-refractivity contribution is -0.116. The summed E-state index contributed by atoms with van der Waals surface area (Å²) in [6, 6.07) is 16.4. The van der Waals surface area contributed by atoms with Crippen molar-refractivity contribution in [3.8, 4) is 0 Å². The number of para-hydroxylation sites is 1. The van der Waals surface area contributed by atoms with Crippen molar-refractivity contribution in [3.63, 3.8) is 0 Å². The highest BCUT2D eigenvalue weighted by atomic mass is 16.2. The fraction of sp³-hybridized carbons (Fsp3) is 0.143. The van der Waals surface area contributed by atoms with Crippen LogP contribution in [-0.4, -0.2) is 34.2 Å². The van der Waals surface area contributed by atoms with Crippen LogP contribution in [0, 0.1) is 6.92 Å². The van der Waals surface area contributed by atoms with Crippen LogP contribution in [0.15, 0.2) is 54.6 Å². The van der Waals surface area contributed by atoms with E-state index in [0.717, 1.165) is 21.4 Å². The number of fused-ring (bicyclic) bond motifs is 2. The molecule has 0 spiro atoms. The third-order valence-electron chi connectivity index (χ3n) is 4.55. The van der Waals surface area contributed by atoms with Crippen LogP contribution in [0.25, 0.3) is 10.9 Å². The Labute approximate surface area is 155 Å². The quantitative estimate of drug-likeness (QED) is 0.726. The van der Waals surface area contributed by atoms with Crippen molar-refractivity contribution in [1.29, 1.82) is 0 Å². The molecule has 1 aromatic heterocycles. The molecule has 0 radical (unpaired) electrons. The molecule has 1 aliphatic heterocycles. The first kappa shape index (κ1) is 16.9. The second-order valence-corrected chi connectivity index (χ2v) is 6.50. The average molecular weight is 359 g/mol. The molecule has 0 saturated heterocycles. The van der Waals surface area contributed by atoms with Gasteiger partial charge in [0, 0.05) is 18.4 Å². The van der Waals surface area contributed by atoms with Crippen molar-refractivity contribution in [2.45, 2.75) is 13.3 Å². The maximum atomic E-state index is 12.4. The molecule has 0 unspecified atom stereocenters. The molecule has 4 rings (SSSR count). The fourth-order valence-electron chi connectivity index (χ4n) is 3.16. The number of carbonyl (C=O) groups excluding carboxylic acids is 3. The van der Waals surface area contributed by atoms with Gasteiger partial charge < -0.3 is 5.32 Å². The number of nitrogens with one attached hydrogen (secondary N) is 1. The lowest BCUT2D eigenvalue weighted by atomic mass is 10.1.